The van der Waals surface area contributed by atoms with E-state index in [4.69, 9.17) is 4.74 Å². The molecule has 0 amide bonds. The van der Waals surface area contributed by atoms with E-state index in [-0.39, 0.29) is 0 Å². The third kappa shape index (κ3) is 2.47. The smallest absolute Gasteiger partial charge is 0.122 e. The van der Waals surface area contributed by atoms with Crippen molar-refractivity contribution in [3.63, 3.8) is 0 Å². The Balaban J connectivity index is 1.66. The van der Waals surface area contributed by atoms with Gasteiger partial charge in [-0.25, -0.2) is 0 Å². The van der Waals surface area contributed by atoms with Crippen molar-refractivity contribution < 1.29 is 4.74 Å². The Morgan fingerprint density at radius 3 is 3.18 bits per heavy atom. The number of benzene rings is 1. The Morgan fingerprint density at radius 2 is 2.18 bits per heavy atom. The lowest BCUT2D eigenvalue weighted by atomic mass is 9.88. The van der Waals surface area contributed by atoms with Gasteiger partial charge in [0.25, 0.3) is 0 Å². The van der Waals surface area contributed by atoms with Crippen LogP contribution in [0.25, 0.3) is 0 Å². The molecule has 1 aromatic carbocycles. The number of para-hydroxylation sites is 1. The fraction of sp³-hybridized carbons (Fsp3) is 0.600. The molecule has 1 fully saturated rings. The van der Waals surface area contributed by atoms with Crippen molar-refractivity contribution in [2.45, 2.75) is 31.6 Å². The maximum atomic E-state index is 5.76. The molecule has 1 N–H and O–H groups in total. The summed E-state index contributed by atoms with van der Waals surface area (Å²) >= 11 is 0. The van der Waals surface area contributed by atoms with Crippen molar-refractivity contribution in [3.05, 3.63) is 29.8 Å². The SMILES string of the molecule is c1ccc2c(c1)OCC2CC1CCCCNC1. The molecule has 0 aromatic heterocycles. The third-order valence-corrected chi connectivity index (χ3v) is 4.07. The zero-order valence-electron chi connectivity index (χ0n) is 10.3. The molecule has 0 saturated carbocycles. The van der Waals surface area contributed by atoms with Crippen LogP contribution in [0.5, 0.6) is 5.75 Å². The number of rotatable bonds is 2. The number of nitrogens with one attached hydrogen (secondary N) is 1. The fourth-order valence-corrected chi connectivity index (χ4v) is 3.12. The minimum absolute atomic E-state index is 0.621. The third-order valence-electron chi connectivity index (χ3n) is 4.07. The Labute approximate surface area is 103 Å². The van der Waals surface area contributed by atoms with Crippen LogP contribution in [0.3, 0.4) is 0 Å². The molecule has 2 heterocycles. The van der Waals surface area contributed by atoms with Gasteiger partial charge in [0.05, 0.1) is 6.61 Å². The zero-order chi connectivity index (χ0) is 11.5. The highest BCUT2D eigenvalue weighted by atomic mass is 16.5. The Morgan fingerprint density at radius 1 is 1.24 bits per heavy atom. The molecule has 1 saturated heterocycles. The lowest BCUT2D eigenvalue weighted by Gasteiger charge is -2.18. The summed E-state index contributed by atoms with van der Waals surface area (Å²) in [5.41, 5.74) is 1.43. The molecular formula is C15H21NO. The molecule has 2 aliphatic rings. The summed E-state index contributed by atoms with van der Waals surface area (Å²) in [4.78, 5) is 0. The Kier molecular flexibility index (Phi) is 3.32. The largest absolute Gasteiger partial charge is 0.493 e. The molecule has 0 aliphatic carbocycles. The van der Waals surface area contributed by atoms with Crippen LogP contribution in [0.1, 0.15) is 37.2 Å². The van der Waals surface area contributed by atoms with Crippen molar-refractivity contribution in [2.24, 2.45) is 5.92 Å². The van der Waals surface area contributed by atoms with Gasteiger partial charge in [0.15, 0.2) is 0 Å². The van der Waals surface area contributed by atoms with Crippen LogP contribution in [0.4, 0.5) is 0 Å². The first-order valence-electron chi connectivity index (χ1n) is 6.86. The van der Waals surface area contributed by atoms with E-state index < -0.39 is 0 Å². The number of fused-ring (bicyclic) bond motifs is 1. The van der Waals surface area contributed by atoms with E-state index in [0.29, 0.717) is 5.92 Å². The summed E-state index contributed by atoms with van der Waals surface area (Å²) < 4.78 is 5.76. The molecule has 1 aromatic rings. The minimum Gasteiger partial charge on any atom is -0.493 e. The molecule has 0 radical (unpaired) electrons. The van der Waals surface area contributed by atoms with Gasteiger partial charge in [-0.05, 0) is 44.3 Å². The minimum atomic E-state index is 0.621. The standard InChI is InChI=1S/C15H21NO/c1-2-7-15-14(6-1)13(11-17-15)9-12-5-3-4-8-16-10-12/h1-2,6-7,12-13,16H,3-5,8-11H2. The number of ether oxygens (including phenoxy) is 1. The highest BCUT2D eigenvalue weighted by Gasteiger charge is 2.26. The zero-order valence-corrected chi connectivity index (χ0v) is 10.3. The van der Waals surface area contributed by atoms with E-state index in [1.165, 1.54) is 44.3 Å². The van der Waals surface area contributed by atoms with Crippen molar-refractivity contribution in [2.75, 3.05) is 19.7 Å². The van der Waals surface area contributed by atoms with E-state index in [2.05, 4.69) is 29.6 Å². The van der Waals surface area contributed by atoms with E-state index >= 15 is 0 Å². The topological polar surface area (TPSA) is 21.3 Å². The fourth-order valence-electron chi connectivity index (χ4n) is 3.12. The molecule has 2 aliphatic heterocycles. The average Bonchev–Trinajstić information content (AvgIpc) is 2.59. The van der Waals surface area contributed by atoms with Gasteiger partial charge in [-0.2, -0.15) is 0 Å². The molecular weight excluding hydrogens is 210 g/mol. The molecule has 2 atom stereocenters. The average molecular weight is 231 g/mol. The second kappa shape index (κ2) is 5.09. The number of hydrogen-bond donors (Lipinski definition) is 1. The Bertz CT molecular complexity index is 369. The summed E-state index contributed by atoms with van der Waals surface area (Å²) in [6.45, 7) is 3.28. The monoisotopic (exact) mass is 231 g/mol. The number of hydrogen-bond acceptors (Lipinski definition) is 2. The second-order valence-electron chi connectivity index (χ2n) is 5.35. The maximum absolute atomic E-state index is 5.76. The van der Waals surface area contributed by atoms with E-state index in [0.717, 1.165) is 18.3 Å². The normalized spacial score (nSPS) is 28.2. The van der Waals surface area contributed by atoms with Crippen molar-refractivity contribution in [1.29, 1.82) is 0 Å². The van der Waals surface area contributed by atoms with E-state index in [1.54, 1.807) is 0 Å². The Hall–Kier alpha value is -1.02. The van der Waals surface area contributed by atoms with Crippen LogP contribution in [-0.2, 0) is 0 Å². The molecule has 0 bridgehead atoms. The summed E-state index contributed by atoms with van der Waals surface area (Å²) in [7, 11) is 0. The first kappa shape index (κ1) is 11.1. The van der Waals surface area contributed by atoms with Gasteiger partial charge < -0.3 is 10.1 Å². The molecule has 17 heavy (non-hydrogen) atoms. The first-order chi connectivity index (χ1) is 8.43. The summed E-state index contributed by atoms with van der Waals surface area (Å²) in [5.74, 6) is 2.56. The van der Waals surface area contributed by atoms with Crippen LogP contribution in [-0.4, -0.2) is 19.7 Å². The summed E-state index contributed by atoms with van der Waals surface area (Å²) in [6.07, 6.45) is 5.39. The maximum Gasteiger partial charge on any atom is 0.122 e. The lowest BCUT2D eigenvalue weighted by Crippen LogP contribution is -2.22. The molecule has 3 rings (SSSR count). The highest BCUT2D eigenvalue weighted by molar-refractivity contribution is 5.39. The van der Waals surface area contributed by atoms with Gasteiger partial charge >= 0.3 is 0 Å². The van der Waals surface area contributed by atoms with Crippen LogP contribution in [0, 0.1) is 5.92 Å². The summed E-state index contributed by atoms with van der Waals surface area (Å²) in [6, 6.07) is 8.53. The van der Waals surface area contributed by atoms with Gasteiger partial charge in [-0.1, -0.05) is 24.6 Å². The molecule has 2 heteroatoms. The van der Waals surface area contributed by atoms with E-state index in [9.17, 15) is 0 Å². The molecule has 0 spiro atoms. The molecule has 2 nitrogen and oxygen atoms in total. The molecule has 2 unspecified atom stereocenters. The van der Waals surface area contributed by atoms with Crippen LogP contribution < -0.4 is 10.1 Å². The predicted molar refractivity (Wildman–Crippen MR) is 69.5 cm³/mol. The van der Waals surface area contributed by atoms with Crippen LogP contribution in [0.15, 0.2) is 24.3 Å². The van der Waals surface area contributed by atoms with Gasteiger partial charge in [-0.3, -0.25) is 0 Å². The van der Waals surface area contributed by atoms with Gasteiger partial charge in [-0.15, -0.1) is 0 Å². The lowest BCUT2D eigenvalue weighted by molar-refractivity contribution is 0.301. The molecule has 92 valence electrons. The van der Waals surface area contributed by atoms with Gasteiger partial charge in [0.2, 0.25) is 0 Å². The first-order valence-corrected chi connectivity index (χ1v) is 6.86. The van der Waals surface area contributed by atoms with Crippen LogP contribution in [0.2, 0.25) is 0 Å². The second-order valence-corrected chi connectivity index (χ2v) is 5.35. The predicted octanol–water partition coefficient (Wildman–Crippen LogP) is 2.94. The van der Waals surface area contributed by atoms with Crippen molar-refractivity contribution >= 4 is 0 Å². The van der Waals surface area contributed by atoms with Gasteiger partial charge in [0.1, 0.15) is 5.75 Å². The van der Waals surface area contributed by atoms with Crippen molar-refractivity contribution in [3.8, 4) is 5.75 Å². The summed E-state index contributed by atoms with van der Waals surface area (Å²) in [5, 5.41) is 3.55. The highest BCUT2D eigenvalue weighted by Crippen LogP contribution is 2.38. The van der Waals surface area contributed by atoms with Crippen LogP contribution >= 0.6 is 0 Å². The van der Waals surface area contributed by atoms with Crippen molar-refractivity contribution in [1.82, 2.24) is 5.32 Å². The van der Waals surface area contributed by atoms with E-state index in [1.807, 2.05) is 0 Å². The van der Waals surface area contributed by atoms with Gasteiger partial charge in [0, 0.05) is 11.5 Å². The quantitative estimate of drug-likeness (QED) is 0.845.